The Bertz CT molecular complexity index is 386. The highest BCUT2D eigenvalue weighted by molar-refractivity contribution is 5.89. The van der Waals surface area contributed by atoms with Gasteiger partial charge in [-0.3, -0.25) is 0 Å². The van der Waals surface area contributed by atoms with Gasteiger partial charge in [-0.2, -0.15) is 0 Å². The van der Waals surface area contributed by atoms with Gasteiger partial charge in [-0.15, -0.1) is 0 Å². The average Bonchev–Trinajstić information content (AvgIpc) is 2.35. The maximum absolute atomic E-state index is 11.7. The minimum absolute atomic E-state index is 0.392. The number of rotatable bonds is 5. The molecule has 0 saturated heterocycles. The van der Waals surface area contributed by atoms with E-state index in [4.69, 9.17) is 9.84 Å². The lowest BCUT2D eigenvalue weighted by Gasteiger charge is -2.21. The molecular formula is C13H16O4. The van der Waals surface area contributed by atoms with Crippen molar-refractivity contribution in [2.24, 2.45) is 0 Å². The molecule has 0 aliphatic rings. The molecule has 0 bridgehead atoms. The molecule has 1 aromatic carbocycles. The van der Waals surface area contributed by atoms with Crippen molar-refractivity contribution in [3.63, 3.8) is 0 Å². The van der Waals surface area contributed by atoms with Crippen LogP contribution in [0.4, 0.5) is 0 Å². The Morgan fingerprint density at radius 3 is 2.47 bits per heavy atom. The Labute approximate surface area is 100 Å². The van der Waals surface area contributed by atoms with E-state index >= 15 is 0 Å². The number of aliphatic hydroxyl groups is 2. The van der Waals surface area contributed by atoms with E-state index in [0.29, 0.717) is 11.1 Å². The summed E-state index contributed by atoms with van der Waals surface area (Å²) >= 11 is 0. The zero-order valence-corrected chi connectivity index (χ0v) is 9.67. The van der Waals surface area contributed by atoms with Gasteiger partial charge in [0.1, 0.15) is 6.10 Å². The first-order valence-electron chi connectivity index (χ1n) is 5.26. The van der Waals surface area contributed by atoms with Crippen LogP contribution in [0.3, 0.4) is 0 Å². The standard InChI is InChI=1S/C13H16O4/c1-9(2)12(11(15)8-14)17-13(16)10-6-4-3-5-7-10/h3-7,11-12,14-15H,1,8H2,2H3/t11-,12+/m0/s1. The third-order valence-electron chi connectivity index (χ3n) is 2.27. The lowest BCUT2D eigenvalue weighted by atomic mass is 10.1. The molecule has 0 aliphatic carbocycles. The SMILES string of the molecule is C=C(C)[C@@H](OC(=O)c1ccccc1)[C@@H](O)CO. The van der Waals surface area contributed by atoms with Crippen LogP contribution in [-0.2, 0) is 4.74 Å². The number of benzene rings is 1. The number of ether oxygens (including phenoxy) is 1. The van der Waals surface area contributed by atoms with Crippen LogP contribution in [0.15, 0.2) is 42.5 Å². The molecule has 4 heteroatoms. The van der Waals surface area contributed by atoms with Crippen molar-refractivity contribution in [2.45, 2.75) is 19.1 Å². The van der Waals surface area contributed by atoms with E-state index in [1.807, 2.05) is 0 Å². The molecule has 0 unspecified atom stereocenters. The van der Waals surface area contributed by atoms with Gasteiger partial charge in [0, 0.05) is 0 Å². The maximum atomic E-state index is 11.7. The number of carbonyl (C=O) groups excluding carboxylic acids is 1. The van der Waals surface area contributed by atoms with Crippen LogP contribution in [0.5, 0.6) is 0 Å². The van der Waals surface area contributed by atoms with Gasteiger partial charge in [0.25, 0.3) is 0 Å². The fourth-order valence-electron chi connectivity index (χ4n) is 1.36. The molecule has 0 amide bonds. The number of hydrogen-bond donors (Lipinski definition) is 2. The van der Waals surface area contributed by atoms with E-state index in [9.17, 15) is 9.90 Å². The molecule has 0 saturated carbocycles. The minimum Gasteiger partial charge on any atom is -0.451 e. The van der Waals surface area contributed by atoms with Gasteiger partial charge < -0.3 is 14.9 Å². The van der Waals surface area contributed by atoms with E-state index in [-0.39, 0.29) is 0 Å². The van der Waals surface area contributed by atoms with Crippen molar-refractivity contribution >= 4 is 5.97 Å². The Hall–Kier alpha value is -1.65. The summed E-state index contributed by atoms with van der Waals surface area (Å²) in [6.45, 7) is 4.76. The zero-order chi connectivity index (χ0) is 12.8. The molecule has 0 radical (unpaired) electrons. The molecular weight excluding hydrogens is 220 g/mol. The first-order chi connectivity index (χ1) is 8.06. The minimum atomic E-state index is -1.15. The molecule has 0 fully saturated rings. The molecule has 0 heterocycles. The monoisotopic (exact) mass is 236 g/mol. The molecule has 92 valence electrons. The summed E-state index contributed by atoms with van der Waals surface area (Å²) in [6.07, 6.45) is -2.05. The highest BCUT2D eigenvalue weighted by Gasteiger charge is 2.24. The molecule has 2 N–H and O–H groups in total. The molecule has 2 atom stereocenters. The van der Waals surface area contributed by atoms with Crippen LogP contribution < -0.4 is 0 Å². The van der Waals surface area contributed by atoms with E-state index in [2.05, 4.69) is 6.58 Å². The highest BCUT2D eigenvalue weighted by atomic mass is 16.6. The lowest BCUT2D eigenvalue weighted by Crippen LogP contribution is -2.34. The Morgan fingerprint density at radius 1 is 1.41 bits per heavy atom. The van der Waals surface area contributed by atoms with Crippen LogP contribution in [0, 0.1) is 0 Å². The summed E-state index contributed by atoms with van der Waals surface area (Å²) in [5.41, 5.74) is 0.875. The average molecular weight is 236 g/mol. The number of hydrogen-bond acceptors (Lipinski definition) is 4. The lowest BCUT2D eigenvalue weighted by molar-refractivity contribution is -0.0224. The maximum Gasteiger partial charge on any atom is 0.338 e. The van der Waals surface area contributed by atoms with Gasteiger partial charge in [-0.05, 0) is 24.6 Å². The van der Waals surface area contributed by atoms with Crippen molar-refractivity contribution < 1.29 is 19.7 Å². The van der Waals surface area contributed by atoms with Crippen molar-refractivity contribution in [3.8, 4) is 0 Å². The summed E-state index contributed by atoms with van der Waals surface area (Å²) in [4.78, 5) is 11.7. The Balaban J connectivity index is 2.75. The van der Waals surface area contributed by atoms with E-state index in [0.717, 1.165) is 0 Å². The molecule has 0 aliphatic heterocycles. The largest absolute Gasteiger partial charge is 0.451 e. The topological polar surface area (TPSA) is 66.8 Å². The van der Waals surface area contributed by atoms with E-state index in [1.54, 1.807) is 37.3 Å². The molecule has 1 aromatic rings. The molecule has 17 heavy (non-hydrogen) atoms. The fraction of sp³-hybridized carbons (Fsp3) is 0.308. The van der Waals surface area contributed by atoms with Gasteiger partial charge in [-0.25, -0.2) is 4.79 Å². The first-order valence-corrected chi connectivity index (χ1v) is 5.26. The van der Waals surface area contributed by atoms with Gasteiger partial charge in [0.2, 0.25) is 0 Å². The van der Waals surface area contributed by atoms with Gasteiger partial charge in [0.15, 0.2) is 6.10 Å². The second-order valence-electron chi connectivity index (χ2n) is 3.79. The van der Waals surface area contributed by atoms with Crippen LogP contribution >= 0.6 is 0 Å². The number of carbonyl (C=O) groups is 1. The Kier molecular flexibility index (Phi) is 4.87. The van der Waals surface area contributed by atoms with Gasteiger partial charge in [-0.1, -0.05) is 24.8 Å². The van der Waals surface area contributed by atoms with Gasteiger partial charge in [0.05, 0.1) is 12.2 Å². The smallest absolute Gasteiger partial charge is 0.338 e. The van der Waals surface area contributed by atoms with Crippen LogP contribution in [0.1, 0.15) is 17.3 Å². The van der Waals surface area contributed by atoms with Crippen LogP contribution in [0.25, 0.3) is 0 Å². The molecule has 1 rings (SSSR count). The third kappa shape index (κ3) is 3.69. The van der Waals surface area contributed by atoms with Crippen molar-refractivity contribution in [2.75, 3.05) is 6.61 Å². The Morgan fingerprint density at radius 2 is 2.00 bits per heavy atom. The van der Waals surface area contributed by atoms with E-state index < -0.39 is 24.8 Å². The quantitative estimate of drug-likeness (QED) is 0.594. The third-order valence-corrected chi connectivity index (χ3v) is 2.27. The number of aliphatic hydroxyl groups excluding tert-OH is 2. The molecule has 4 nitrogen and oxygen atoms in total. The normalized spacial score (nSPS) is 13.8. The second kappa shape index (κ2) is 6.18. The second-order valence-corrected chi connectivity index (χ2v) is 3.79. The fourth-order valence-corrected chi connectivity index (χ4v) is 1.36. The van der Waals surface area contributed by atoms with Crippen LogP contribution in [0.2, 0.25) is 0 Å². The van der Waals surface area contributed by atoms with Crippen molar-refractivity contribution in [1.29, 1.82) is 0 Å². The predicted octanol–water partition coefficient (Wildman–Crippen LogP) is 1.14. The first kappa shape index (κ1) is 13.4. The molecule has 0 aromatic heterocycles. The van der Waals surface area contributed by atoms with Crippen LogP contribution in [-0.4, -0.2) is 35.0 Å². The summed E-state index contributed by atoms with van der Waals surface area (Å²) in [7, 11) is 0. The summed E-state index contributed by atoms with van der Waals surface area (Å²) in [5, 5.41) is 18.4. The summed E-state index contributed by atoms with van der Waals surface area (Å²) < 4.78 is 5.10. The summed E-state index contributed by atoms with van der Waals surface area (Å²) in [6, 6.07) is 8.45. The number of esters is 1. The predicted molar refractivity (Wildman–Crippen MR) is 63.6 cm³/mol. The molecule has 0 spiro atoms. The van der Waals surface area contributed by atoms with Crippen molar-refractivity contribution in [3.05, 3.63) is 48.0 Å². The zero-order valence-electron chi connectivity index (χ0n) is 9.67. The van der Waals surface area contributed by atoms with E-state index in [1.165, 1.54) is 0 Å². The van der Waals surface area contributed by atoms with Crippen molar-refractivity contribution in [1.82, 2.24) is 0 Å². The highest BCUT2D eigenvalue weighted by Crippen LogP contribution is 2.12. The summed E-state index contributed by atoms with van der Waals surface area (Å²) in [5.74, 6) is -0.550. The van der Waals surface area contributed by atoms with Gasteiger partial charge >= 0.3 is 5.97 Å².